The van der Waals surface area contributed by atoms with Crippen LogP contribution in [-0.2, 0) is 11.3 Å². The van der Waals surface area contributed by atoms with Crippen LogP contribution in [0.4, 0.5) is 0 Å². The van der Waals surface area contributed by atoms with Gasteiger partial charge in [0.25, 0.3) is 5.56 Å². The lowest BCUT2D eigenvalue weighted by atomic mass is 10.2. The fraction of sp³-hybridized carbons (Fsp3) is 0.364. The van der Waals surface area contributed by atoms with Gasteiger partial charge in [-0.25, -0.2) is 0 Å². The quantitative estimate of drug-likeness (QED) is 0.693. The van der Waals surface area contributed by atoms with E-state index in [9.17, 15) is 14.4 Å². The molecular weight excluding hydrogens is 194 g/mol. The number of Topliss-reactive ketones (excluding diaryl/α,β-unsaturated/α-hetero) is 2. The first-order chi connectivity index (χ1) is 6.93. The number of aryl methyl sites for hydroxylation is 1. The minimum absolute atomic E-state index is 0.0196. The summed E-state index contributed by atoms with van der Waals surface area (Å²) in [6.07, 6.45) is 0. The van der Waals surface area contributed by atoms with Crippen molar-refractivity contribution in [3.63, 3.8) is 0 Å². The standard InChI is InChI=1S/C11H13NO3/c1-7-4-5-10(9(3)14)11(15)12(7)6-8(2)13/h4-5H,6H2,1-3H3. The van der Waals surface area contributed by atoms with E-state index in [0.29, 0.717) is 5.69 Å². The van der Waals surface area contributed by atoms with Crippen LogP contribution in [0.1, 0.15) is 29.9 Å². The average Bonchev–Trinajstić information content (AvgIpc) is 2.11. The smallest absolute Gasteiger partial charge is 0.262 e. The van der Waals surface area contributed by atoms with Crippen molar-refractivity contribution in [2.45, 2.75) is 27.3 Å². The predicted octanol–water partition coefficient (Wildman–Crippen LogP) is 0.948. The molecular formula is C11H13NO3. The van der Waals surface area contributed by atoms with E-state index < -0.39 is 5.56 Å². The van der Waals surface area contributed by atoms with E-state index in [4.69, 9.17) is 0 Å². The Kier molecular flexibility index (Phi) is 3.19. The van der Waals surface area contributed by atoms with Crippen LogP contribution in [0.25, 0.3) is 0 Å². The van der Waals surface area contributed by atoms with Gasteiger partial charge < -0.3 is 4.57 Å². The van der Waals surface area contributed by atoms with Crippen LogP contribution in [0.3, 0.4) is 0 Å². The first-order valence-electron chi connectivity index (χ1n) is 4.64. The highest BCUT2D eigenvalue weighted by molar-refractivity contribution is 5.93. The van der Waals surface area contributed by atoms with Crippen molar-refractivity contribution in [3.05, 3.63) is 33.7 Å². The summed E-state index contributed by atoms with van der Waals surface area (Å²) in [5.74, 6) is -0.391. The first-order valence-corrected chi connectivity index (χ1v) is 4.64. The summed E-state index contributed by atoms with van der Waals surface area (Å²) in [6.45, 7) is 4.50. The number of aromatic nitrogens is 1. The van der Waals surface area contributed by atoms with Gasteiger partial charge in [-0.15, -0.1) is 0 Å². The summed E-state index contributed by atoms with van der Waals surface area (Å²) < 4.78 is 1.32. The summed E-state index contributed by atoms with van der Waals surface area (Å²) >= 11 is 0. The molecule has 80 valence electrons. The topological polar surface area (TPSA) is 56.1 Å². The number of nitrogens with zero attached hydrogens (tertiary/aromatic N) is 1. The molecule has 0 atom stereocenters. The summed E-state index contributed by atoms with van der Waals surface area (Å²) in [6, 6.07) is 3.16. The molecule has 0 unspecified atom stereocenters. The van der Waals surface area contributed by atoms with Crippen molar-refractivity contribution in [2.24, 2.45) is 0 Å². The van der Waals surface area contributed by atoms with Crippen LogP contribution in [0.2, 0.25) is 0 Å². The molecule has 4 nitrogen and oxygen atoms in total. The Morgan fingerprint density at radius 3 is 2.33 bits per heavy atom. The van der Waals surface area contributed by atoms with Gasteiger partial charge in [0.15, 0.2) is 5.78 Å². The minimum atomic E-state index is -0.391. The Labute approximate surface area is 87.5 Å². The summed E-state index contributed by atoms with van der Waals surface area (Å²) in [4.78, 5) is 33.8. The average molecular weight is 207 g/mol. The molecule has 1 aromatic rings. The van der Waals surface area contributed by atoms with E-state index in [1.807, 2.05) is 0 Å². The van der Waals surface area contributed by atoms with E-state index in [1.165, 1.54) is 24.5 Å². The predicted molar refractivity (Wildman–Crippen MR) is 56.1 cm³/mol. The van der Waals surface area contributed by atoms with Gasteiger partial charge in [0.1, 0.15) is 5.78 Å². The zero-order valence-corrected chi connectivity index (χ0v) is 9.03. The molecule has 0 fully saturated rings. The number of rotatable bonds is 3. The SMILES string of the molecule is CC(=O)Cn1c(C)ccc(C(C)=O)c1=O. The molecule has 1 heterocycles. The van der Waals surface area contributed by atoms with Crippen molar-refractivity contribution in [1.82, 2.24) is 4.57 Å². The van der Waals surface area contributed by atoms with Crippen molar-refractivity contribution >= 4 is 11.6 Å². The van der Waals surface area contributed by atoms with Crippen LogP contribution >= 0.6 is 0 Å². The Morgan fingerprint density at radius 1 is 1.27 bits per heavy atom. The number of carbonyl (C=O) groups excluding carboxylic acids is 2. The zero-order chi connectivity index (χ0) is 11.6. The van der Waals surface area contributed by atoms with Gasteiger partial charge in [0.05, 0.1) is 12.1 Å². The third-order valence-corrected chi connectivity index (χ3v) is 2.15. The van der Waals surface area contributed by atoms with Crippen LogP contribution in [-0.4, -0.2) is 16.1 Å². The molecule has 4 heteroatoms. The fourth-order valence-electron chi connectivity index (χ4n) is 1.36. The van der Waals surface area contributed by atoms with Gasteiger partial charge in [-0.3, -0.25) is 14.4 Å². The van der Waals surface area contributed by atoms with E-state index in [-0.39, 0.29) is 23.7 Å². The molecule has 0 aromatic carbocycles. The highest BCUT2D eigenvalue weighted by Gasteiger charge is 2.10. The lowest BCUT2D eigenvalue weighted by molar-refractivity contribution is -0.117. The minimum Gasteiger partial charge on any atom is -0.305 e. The van der Waals surface area contributed by atoms with Gasteiger partial charge in [-0.2, -0.15) is 0 Å². The van der Waals surface area contributed by atoms with Gasteiger partial charge >= 0.3 is 0 Å². The van der Waals surface area contributed by atoms with Crippen LogP contribution in [0, 0.1) is 6.92 Å². The third-order valence-electron chi connectivity index (χ3n) is 2.15. The van der Waals surface area contributed by atoms with Crippen LogP contribution in [0.5, 0.6) is 0 Å². The number of carbonyl (C=O) groups is 2. The maximum absolute atomic E-state index is 11.8. The maximum Gasteiger partial charge on any atom is 0.262 e. The zero-order valence-electron chi connectivity index (χ0n) is 9.03. The van der Waals surface area contributed by atoms with E-state index in [0.717, 1.165) is 0 Å². The van der Waals surface area contributed by atoms with Gasteiger partial charge in [0.2, 0.25) is 0 Å². The number of ketones is 2. The molecule has 0 aliphatic heterocycles. The normalized spacial score (nSPS) is 10.1. The van der Waals surface area contributed by atoms with Crippen molar-refractivity contribution in [1.29, 1.82) is 0 Å². The van der Waals surface area contributed by atoms with E-state index in [2.05, 4.69) is 0 Å². The molecule has 0 amide bonds. The van der Waals surface area contributed by atoms with Crippen LogP contribution < -0.4 is 5.56 Å². The molecule has 1 aromatic heterocycles. The van der Waals surface area contributed by atoms with Crippen LogP contribution in [0.15, 0.2) is 16.9 Å². The van der Waals surface area contributed by atoms with E-state index in [1.54, 1.807) is 13.0 Å². The van der Waals surface area contributed by atoms with Crippen molar-refractivity contribution in [3.8, 4) is 0 Å². The lowest BCUT2D eigenvalue weighted by Crippen LogP contribution is -2.29. The van der Waals surface area contributed by atoms with Gasteiger partial charge in [-0.1, -0.05) is 0 Å². The monoisotopic (exact) mass is 207 g/mol. The molecule has 0 spiro atoms. The fourth-order valence-corrected chi connectivity index (χ4v) is 1.36. The number of hydrogen-bond donors (Lipinski definition) is 0. The van der Waals surface area contributed by atoms with Crippen molar-refractivity contribution in [2.75, 3.05) is 0 Å². The second-order valence-corrected chi connectivity index (χ2v) is 3.54. The number of pyridine rings is 1. The summed E-state index contributed by atoms with van der Waals surface area (Å²) in [5, 5.41) is 0. The third kappa shape index (κ3) is 2.40. The Bertz CT molecular complexity index is 471. The lowest BCUT2D eigenvalue weighted by Gasteiger charge is -2.08. The van der Waals surface area contributed by atoms with Crippen molar-refractivity contribution < 1.29 is 9.59 Å². The molecule has 1 rings (SSSR count). The molecule has 0 radical (unpaired) electrons. The summed E-state index contributed by atoms with van der Waals surface area (Å²) in [5.41, 5.74) is 0.416. The number of hydrogen-bond acceptors (Lipinski definition) is 3. The Balaban J connectivity index is 3.37. The molecule has 0 N–H and O–H groups in total. The molecule has 0 aliphatic carbocycles. The molecule has 0 saturated carbocycles. The molecule has 15 heavy (non-hydrogen) atoms. The molecule has 0 bridgehead atoms. The summed E-state index contributed by atoms with van der Waals surface area (Å²) in [7, 11) is 0. The Morgan fingerprint density at radius 2 is 1.87 bits per heavy atom. The highest BCUT2D eigenvalue weighted by Crippen LogP contribution is 1.99. The second-order valence-electron chi connectivity index (χ2n) is 3.54. The largest absolute Gasteiger partial charge is 0.305 e. The maximum atomic E-state index is 11.8. The highest BCUT2D eigenvalue weighted by atomic mass is 16.2. The first kappa shape index (κ1) is 11.4. The second kappa shape index (κ2) is 4.21. The van der Waals surface area contributed by atoms with Gasteiger partial charge in [-0.05, 0) is 32.9 Å². The molecule has 0 aliphatic rings. The molecule has 0 saturated heterocycles. The Hall–Kier alpha value is -1.71. The van der Waals surface area contributed by atoms with E-state index >= 15 is 0 Å². The van der Waals surface area contributed by atoms with Gasteiger partial charge in [0, 0.05) is 5.69 Å².